The largest absolute Gasteiger partial charge is 0.371 e. The van der Waals surface area contributed by atoms with E-state index in [1.807, 2.05) is 19.2 Å². The molecule has 0 aromatic carbocycles. The lowest BCUT2D eigenvalue weighted by Crippen LogP contribution is -2.35. The molecule has 58 valence electrons. The van der Waals surface area contributed by atoms with E-state index in [1.54, 1.807) is 0 Å². The molecule has 0 bridgehead atoms. The average Bonchev–Trinajstić information content (AvgIpc) is 1.95. The second-order valence-corrected chi connectivity index (χ2v) is 2.48. The van der Waals surface area contributed by atoms with E-state index < -0.39 is 0 Å². The SMILES string of the molecule is CNCC1C=CC(N)CO1. The lowest BCUT2D eigenvalue weighted by atomic mass is 10.2. The lowest BCUT2D eigenvalue weighted by molar-refractivity contribution is 0.0727. The summed E-state index contributed by atoms with van der Waals surface area (Å²) in [6.07, 6.45) is 4.21. The first-order chi connectivity index (χ1) is 4.83. The Hall–Kier alpha value is -0.380. The molecule has 0 saturated carbocycles. The van der Waals surface area contributed by atoms with Crippen LogP contribution in [0.3, 0.4) is 0 Å². The first-order valence-corrected chi connectivity index (χ1v) is 3.53. The van der Waals surface area contributed by atoms with Gasteiger partial charge in [0.15, 0.2) is 0 Å². The van der Waals surface area contributed by atoms with Crippen LogP contribution >= 0.6 is 0 Å². The molecule has 3 heteroatoms. The molecule has 0 spiro atoms. The molecule has 0 amide bonds. The van der Waals surface area contributed by atoms with E-state index in [1.165, 1.54) is 0 Å². The Bertz CT molecular complexity index is 125. The van der Waals surface area contributed by atoms with Crippen molar-refractivity contribution in [1.29, 1.82) is 0 Å². The smallest absolute Gasteiger partial charge is 0.0881 e. The molecule has 0 saturated heterocycles. The van der Waals surface area contributed by atoms with Gasteiger partial charge < -0.3 is 15.8 Å². The monoisotopic (exact) mass is 142 g/mol. The van der Waals surface area contributed by atoms with Crippen LogP contribution in [0.15, 0.2) is 12.2 Å². The van der Waals surface area contributed by atoms with Gasteiger partial charge in [0.1, 0.15) is 0 Å². The molecule has 0 aromatic heterocycles. The molecule has 10 heavy (non-hydrogen) atoms. The van der Waals surface area contributed by atoms with Crippen molar-refractivity contribution in [2.24, 2.45) is 5.73 Å². The molecule has 1 aliphatic heterocycles. The minimum Gasteiger partial charge on any atom is -0.371 e. The Morgan fingerprint density at radius 3 is 3.00 bits per heavy atom. The van der Waals surface area contributed by atoms with Crippen molar-refractivity contribution in [3.05, 3.63) is 12.2 Å². The van der Waals surface area contributed by atoms with Crippen LogP contribution in [0.5, 0.6) is 0 Å². The van der Waals surface area contributed by atoms with Crippen molar-refractivity contribution in [2.45, 2.75) is 12.1 Å². The van der Waals surface area contributed by atoms with Gasteiger partial charge in [0.25, 0.3) is 0 Å². The number of ether oxygens (including phenoxy) is 1. The van der Waals surface area contributed by atoms with Gasteiger partial charge in [-0.15, -0.1) is 0 Å². The fraction of sp³-hybridized carbons (Fsp3) is 0.714. The summed E-state index contributed by atoms with van der Waals surface area (Å²) < 4.78 is 5.36. The van der Waals surface area contributed by atoms with Crippen molar-refractivity contribution in [1.82, 2.24) is 5.32 Å². The minimum absolute atomic E-state index is 0.0908. The Morgan fingerprint density at radius 2 is 2.50 bits per heavy atom. The number of nitrogens with two attached hydrogens (primary N) is 1. The summed E-state index contributed by atoms with van der Waals surface area (Å²) in [6, 6.07) is 0.0908. The highest BCUT2D eigenvalue weighted by Crippen LogP contribution is 2.01. The van der Waals surface area contributed by atoms with Gasteiger partial charge >= 0.3 is 0 Å². The van der Waals surface area contributed by atoms with Crippen LogP contribution in [0.4, 0.5) is 0 Å². The van der Waals surface area contributed by atoms with Crippen molar-refractivity contribution in [2.75, 3.05) is 20.2 Å². The van der Waals surface area contributed by atoms with Crippen LogP contribution in [0.25, 0.3) is 0 Å². The van der Waals surface area contributed by atoms with Gasteiger partial charge in [0.05, 0.1) is 12.7 Å². The zero-order valence-corrected chi connectivity index (χ0v) is 6.21. The Balaban J connectivity index is 2.30. The highest BCUT2D eigenvalue weighted by Gasteiger charge is 2.10. The molecular formula is C7H14N2O. The Morgan fingerprint density at radius 1 is 1.70 bits per heavy atom. The van der Waals surface area contributed by atoms with Crippen molar-refractivity contribution in [3.63, 3.8) is 0 Å². The van der Waals surface area contributed by atoms with E-state index in [0.29, 0.717) is 6.61 Å². The molecule has 1 aliphatic rings. The molecule has 0 fully saturated rings. The molecule has 3 nitrogen and oxygen atoms in total. The standard InChI is InChI=1S/C7H14N2O/c1-9-4-7-3-2-6(8)5-10-7/h2-3,6-7,9H,4-5,8H2,1H3. The number of rotatable bonds is 2. The van der Waals surface area contributed by atoms with Crippen molar-refractivity contribution >= 4 is 0 Å². The summed E-state index contributed by atoms with van der Waals surface area (Å²) in [7, 11) is 1.91. The number of hydrogen-bond acceptors (Lipinski definition) is 3. The highest BCUT2D eigenvalue weighted by molar-refractivity contribution is 5.00. The molecule has 1 heterocycles. The van der Waals surface area contributed by atoms with E-state index >= 15 is 0 Å². The van der Waals surface area contributed by atoms with E-state index in [-0.39, 0.29) is 12.1 Å². The second-order valence-electron chi connectivity index (χ2n) is 2.48. The molecule has 3 N–H and O–H groups in total. The molecule has 0 aliphatic carbocycles. The van der Waals surface area contributed by atoms with Gasteiger partial charge in [-0.1, -0.05) is 12.2 Å². The quantitative estimate of drug-likeness (QED) is 0.510. The zero-order chi connectivity index (χ0) is 7.40. The van der Waals surface area contributed by atoms with Gasteiger partial charge in [-0.3, -0.25) is 0 Å². The third kappa shape index (κ3) is 2.10. The summed E-state index contributed by atoms with van der Waals surface area (Å²) in [5.74, 6) is 0. The van der Waals surface area contributed by atoms with Crippen molar-refractivity contribution in [3.8, 4) is 0 Å². The van der Waals surface area contributed by atoms with Crippen molar-refractivity contribution < 1.29 is 4.74 Å². The third-order valence-electron chi connectivity index (χ3n) is 1.48. The third-order valence-corrected chi connectivity index (χ3v) is 1.48. The maximum atomic E-state index is 5.56. The van der Waals surface area contributed by atoms with Crippen LogP contribution in [0.1, 0.15) is 0 Å². The fourth-order valence-corrected chi connectivity index (χ4v) is 0.941. The Kier molecular flexibility index (Phi) is 2.86. The average molecular weight is 142 g/mol. The maximum absolute atomic E-state index is 5.56. The summed E-state index contributed by atoms with van der Waals surface area (Å²) in [5.41, 5.74) is 5.56. The van der Waals surface area contributed by atoms with Crippen LogP contribution < -0.4 is 11.1 Å². The minimum atomic E-state index is 0.0908. The Labute approximate surface area is 61.2 Å². The maximum Gasteiger partial charge on any atom is 0.0881 e. The van der Waals surface area contributed by atoms with Gasteiger partial charge in [-0.25, -0.2) is 0 Å². The van der Waals surface area contributed by atoms with Crippen LogP contribution in [-0.4, -0.2) is 32.3 Å². The first kappa shape index (κ1) is 7.72. The summed E-state index contributed by atoms with van der Waals surface area (Å²) in [6.45, 7) is 1.51. The van der Waals surface area contributed by atoms with E-state index in [0.717, 1.165) is 6.54 Å². The van der Waals surface area contributed by atoms with Gasteiger partial charge in [-0.05, 0) is 7.05 Å². The summed E-state index contributed by atoms with van der Waals surface area (Å²) in [4.78, 5) is 0. The van der Waals surface area contributed by atoms with Gasteiger partial charge in [-0.2, -0.15) is 0 Å². The normalized spacial score (nSPS) is 32.6. The van der Waals surface area contributed by atoms with E-state index in [9.17, 15) is 0 Å². The zero-order valence-electron chi connectivity index (χ0n) is 6.21. The number of nitrogens with one attached hydrogen (secondary N) is 1. The summed E-state index contributed by atoms with van der Waals surface area (Å²) >= 11 is 0. The van der Waals surface area contributed by atoms with Crippen LogP contribution in [-0.2, 0) is 4.74 Å². The molecule has 0 aromatic rings. The van der Waals surface area contributed by atoms with Crippen LogP contribution in [0.2, 0.25) is 0 Å². The molecule has 1 rings (SSSR count). The van der Waals surface area contributed by atoms with E-state index in [2.05, 4.69) is 5.32 Å². The predicted octanol–water partition coefficient (Wildman–Crippen LogP) is -0.512. The molecule has 2 unspecified atom stereocenters. The fourth-order valence-electron chi connectivity index (χ4n) is 0.941. The van der Waals surface area contributed by atoms with Crippen LogP contribution in [0, 0.1) is 0 Å². The molecule has 2 atom stereocenters. The molecular weight excluding hydrogens is 128 g/mol. The number of likely N-dealkylation sites (N-methyl/N-ethyl adjacent to an activating group) is 1. The van der Waals surface area contributed by atoms with Gasteiger partial charge in [0.2, 0.25) is 0 Å². The topological polar surface area (TPSA) is 47.3 Å². The predicted molar refractivity (Wildman–Crippen MR) is 40.8 cm³/mol. The lowest BCUT2D eigenvalue weighted by Gasteiger charge is -2.20. The second kappa shape index (κ2) is 3.71. The first-order valence-electron chi connectivity index (χ1n) is 3.53. The van der Waals surface area contributed by atoms with Gasteiger partial charge in [0, 0.05) is 12.6 Å². The molecule has 0 radical (unpaired) electrons. The van der Waals surface area contributed by atoms with E-state index in [4.69, 9.17) is 10.5 Å². The summed E-state index contributed by atoms with van der Waals surface area (Å²) in [5, 5.41) is 3.04. The highest BCUT2D eigenvalue weighted by atomic mass is 16.5. The number of hydrogen-bond donors (Lipinski definition) is 2.